The Morgan fingerprint density at radius 2 is 2.15 bits per heavy atom. The van der Waals surface area contributed by atoms with Crippen molar-refractivity contribution in [1.82, 2.24) is 0 Å². The first kappa shape index (κ1) is 9.04. The Hall–Kier alpha value is -0.530. The summed E-state index contributed by atoms with van der Waals surface area (Å²) in [5.74, 6) is 1.40. The van der Waals surface area contributed by atoms with Crippen LogP contribution in [0.25, 0.3) is 0 Å². The number of carboxylic acid groups (broad SMARTS) is 1. The van der Waals surface area contributed by atoms with E-state index in [2.05, 4.69) is 13.8 Å². The largest absolute Gasteiger partial charge is 0.481 e. The molecule has 0 saturated heterocycles. The van der Waals surface area contributed by atoms with Crippen molar-refractivity contribution in [2.24, 2.45) is 23.2 Å². The van der Waals surface area contributed by atoms with Crippen LogP contribution < -0.4 is 0 Å². The molecule has 3 fully saturated rings. The Labute approximate surface area is 79.3 Å². The highest BCUT2D eigenvalue weighted by Gasteiger charge is 2.54. The lowest BCUT2D eigenvalue weighted by molar-refractivity contribution is -0.146. The summed E-state index contributed by atoms with van der Waals surface area (Å²) < 4.78 is 0. The summed E-state index contributed by atoms with van der Waals surface area (Å²) in [7, 11) is 0. The van der Waals surface area contributed by atoms with Gasteiger partial charge >= 0.3 is 5.97 Å². The fourth-order valence-corrected chi connectivity index (χ4v) is 3.43. The number of carbonyl (C=O) groups is 1. The maximum absolute atomic E-state index is 10.6. The molecule has 1 N–H and O–H groups in total. The first-order valence-corrected chi connectivity index (χ1v) is 5.23. The molecule has 74 valence electrons. The lowest BCUT2D eigenvalue weighted by Gasteiger charge is -2.60. The van der Waals surface area contributed by atoms with Gasteiger partial charge in [-0.15, -0.1) is 0 Å². The predicted molar refractivity (Wildman–Crippen MR) is 50.4 cm³/mol. The van der Waals surface area contributed by atoms with Gasteiger partial charge in [0, 0.05) is 6.42 Å². The Bertz CT molecular complexity index is 230. The number of hydrogen-bond donors (Lipinski definition) is 1. The Morgan fingerprint density at radius 3 is 2.62 bits per heavy atom. The van der Waals surface area contributed by atoms with Gasteiger partial charge in [-0.1, -0.05) is 13.8 Å². The number of fused-ring (bicyclic) bond motifs is 2. The molecular weight excluding hydrogens is 164 g/mol. The second-order valence-electron chi connectivity index (χ2n) is 5.30. The van der Waals surface area contributed by atoms with Crippen LogP contribution in [0.15, 0.2) is 0 Å². The maximum atomic E-state index is 10.6. The molecule has 3 saturated carbocycles. The average Bonchev–Trinajstić information content (AvgIpc) is 2.03. The highest BCUT2D eigenvalue weighted by Crippen LogP contribution is 2.61. The third-order valence-electron chi connectivity index (χ3n) is 4.44. The van der Waals surface area contributed by atoms with Crippen LogP contribution in [-0.2, 0) is 4.79 Å². The molecule has 0 aromatic carbocycles. The lowest BCUT2D eigenvalue weighted by Crippen LogP contribution is -2.52. The van der Waals surface area contributed by atoms with Crippen molar-refractivity contribution >= 4 is 5.97 Å². The second-order valence-corrected chi connectivity index (χ2v) is 5.30. The monoisotopic (exact) mass is 182 g/mol. The molecule has 2 nitrogen and oxygen atoms in total. The molecule has 2 heteroatoms. The highest BCUT2D eigenvalue weighted by molar-refractivity contribution is 5.67. The number of hydrogen-bond acceptors (Lipinski definition) is 1. The molecular formula is C11H18O2. The summed E-state index contributed by atoms with van der Waals surface area (Å²) in [4.78, 5) is 10.6. The van der Waals surface area contributed by atoms with Gasteiger partial charge in [-0.2, -0.15) is 0 Å². The van der Waals surface area contributed by atoms with Gasteiger partial charge in [0.25, 0.3) is 0 Å². The van der Waals surface area contributed by atoms with Gasteiger partial charge in [-0.05, 0) is 42.4 Å². The number of carboxylic acids is 1. The molecule has 0 aromatic heterocycles. The van der Waals surface area contributed by atoms with Crippen molar-refractivity contribution in [2.45, 2.75) is 39.5 Å². The average molecular weight is 182 g/mol. The number of rotatable bonds is 2. The topological polar surface area (TPSA) is 37.3 Å². The lowest BCUT2D eigenvalue weighted by atomic mass is 9.45. The summed E-state index contributed by atoms with van der Waals surface area (Å²) in [5.41, 5.74) is 0.429. The minimum absolute atomic E-state index is 0.390. The van der Waals surface area contributed by atoms with Gasteiger partial charge in [-0.25, -0.2) is 0 Å². The molecule has 0 aliphatic heterocycles. The quantitative estimate of drug-likeness (QED) is 0.712. The third-order valence-corrected chi connectivity index (χ3v) is 4.44. The van der Waals surface area contributed by atoms with Gasteiger partial charge < -0.3 is 5.11 Å². The van der Waals surface area contributed by atoms with Crippen molar-refractivity contribution < 1.29 is 9.90 Å². The normalized spacial score (nSPS) is 40.9. The summed E-state index contributed by atoms with van der Waals surface area (Å²) in [6.45, 7) is 4.61. The van der Waals surface area contributed by atoms with Crippen molar-refractivity contribution in [2.75, 3.05) is 0 Å². The molecule has 2 bridgehead atoms. The molecule has 0 spiro atoms. The van der Waals surface area contributed by atoms with E-state index in [4.69, 9.17) is 5.11 Å². The summed E-state index contributed by atoms with van der Waals surface area (Å²) >= 11 is 0. The van der Waals surface area contributed by atoms with E-state index in [9.17, 15) is 4.79 Å². The van der Waals surface area contributed by atoms with Crippen LogP contribution in [0.5, 0.6) is 0 Å². The maximum Gasteiger partial charge on any atom is 0.303 e. The van der Waals surface area contributed by atoms with E-state index in [1.807, 2.05) is 0 Å². The van der Waals surface area contributed by atoms with Crippen molar-refractivity contribution in [3.05, 3.63) is 0 Å². The van der Waals surface area contributed by atoms with Crippen LogP contribution in [0, 0.1) is 23.2 Å². The van der Waals surface area contributed by atoms with E-state index in [-0.39, 0.29) is 0 Å². The van der Waals surface area contributed by atoms with Gasteiger partial charge in [-0.3, -0.25) is 4.79 Å². The van der Waals surface area contributed by atoms with Crippen molar-refractivity contribution in [3.63, 3.8) is 0 Å². The molecule has 0 radical (unpaired) electrons. The van der Waals surface area contributed by atoms with E-state index < -0.39 is 5.97 Å². The molecule has 3 aliphatic carbocycles. The molecule has 0 amide bonds. The van der Waals surface area contributed by atoms with E-state index in [0.717, 1.165) is 12.3 Å². The van der Waals surface area contributed by atoms with Gasteiger partial charge in [0.05, 0.1) is 0 Å². The van der Waals surface area contributed by atoms with Gasteiger partial charge in [0.2, 0.25) is 0 Å². The second kappa shape index (κ2) is 2.73. The van der Waals surface area contributed by atoms with E-state index in [1.165, 1.54) is 12.8 Å². The molecule has 0 unspecified atom stereocenters. The molecule has 3 rings (SSSR count). The first-order valence-electron chi connectivity index (χ1n) is 5.23. The molecule has 13 heavy (non-hydrogen) atoms. The SMILES string of the molecule is CC1(C)[C@@H]2CC[C@H](CC(=O)O)[C@H]1C2. The highest BCUT2D eigenvalue weighted by atomic mass is 16.4. The zero-order valence-electron chi connectivity index (χ0n) is 8.42. The van der Waals surface area contributed by atoms with Crippen LogP contribution in [0.2, 0.25) is 0 Å². The predicted octanol–water partition coefficient (Wildman–Crippen LogP) is 2.53. The van der Waals surface area contributed by atoms with E-state index in [1.54, 1.807) is 0 Å². The third kappa shape index (κ3) is 1.27. The van der Waals surface area contributed by atoms with Crippen LogP contribution in [-0.4, -0.2) is 11.1 Å². The summed E-state index contributed by atoms with van der Waals surface area (Å²) in [6, 6.07) is 0. The Kier molecular flexibility index (Phi) is 1.90. The zero-order chi connectivity index (χ0) is 9.64. The fraction of sp³-hybridized carbons (Fsp3) is 0.909. The molecule has 3 aliphatic rings. The van der Waals surface area contributed by atoms with E-state index in [0.29, 0.717) is 23.7 Å². The molecule has 3 atom stereocenters. The van der Waals surface area contributed by atoms with Crippen LogP contribution >= 0.6 is 0 Å². The van der Waals surface area contributed by atoms with Crippen LogP contribution in [0.4, 0.5) is 0 Å². The Morgan fingerprint density at radius 1 is 1.46 bits per heavy atom. The zero-order valence-corrected chi connectivity index (χ0v) is 8.42. The summed E-state index contributed by atoms with van der Waals surface area (Å²) in [6.07, 6.45) is 4.07. The minimum atomic E-state index is -0.619. The van der Waals surface area contributed by atoms with Crippen LogP contribution in [0.1, 0.15) is 39.5 Å². The first-order chi connectivity index (χ1) is 6.01. The molecule has 0 heterocycles. The van der Waals surface area contributed by atoms with E-state index >= 15 is 0 Å². The number of aliphatic carboxylic acids is 1. The Balaban J connectivity index is 2.03. The summed E-state index contributed by atoms with van der Waals surface area (Å²) in [5, 5.41) is 8.77. The fourth-order valence-electron chi connectivity index (χ4n) is 3.43. The van der Waals surface area contributed by atoms with Crippen molar-refractivity contribution in [1.29, 1.82) is 0 Å². The molecule has 0 aromatic rings. The van der Waals surface area contributed by atoms with Crippen LogP contribution in [0.3, 0.4) is 0 Å². The standard InChI is InChI=1S/C11H18O2/c1-11(2)8-4-3-7(5-10(12)13)9(11)6-8/h7-9H,3-6H2,1-2H3,(H,12,13)/t7-,8-,9-/m1/s1. The van der Waals surface area contributed by atoms with Gasteiger partial charge in [0.1, 0.15) is 0 Å². The van der Waals surface area contributed by atoms with Gasteiger partial charge in [0.15, 0.2) is 0 Å². The smallest absolute Gasteiger partial charge is 0.303 e. The van der Waals surface area contributed by atoms with Crippen molar-refractivity contribution in [3.8, 4) is 0 Å². The minimum Gasteiger partial charge on any atom is -0.481 e.